The van der Waals surface area contributed by atoms with E-state index in [1.165, 1.54) is 18.2 Å². The van der Waals surface area contributed by atoms with E-state index in [0.29, 0.717) is 52.8 Å². The molecule has 10 atom stereocenters. The summed E-state index contributed by atoms with van der Waals surface area (Å²) in [4.78, 5) is 25.9. The molecule has 2 aromatic rings. The summed E-state index contributed by atoms with van der Waals surface area (Å²) in [5, 5.41) is 45.7. The smallest absolute Gasteiger partial charge is 0.271 e. The molecule has 6 rings (SSSR count). The molecule has 0 spiro atoms. The summed E-state index contributed by atoms with van der Waals surface area (Å²) in [5.41, 5.74) is 6.14. The zero-order chi connectivity index (χ0) is 30.0. The van der Waals surface area contributed by atoms with Gasteiger partial charge in [0.25, 0.3) is 5.69 Å². The molecule has 0 saturated heterocycles. The van der Waals surface area contributed by atoms with Gasteiger partial charge in [-0.3, -0.25) is 25.8 Å². The van der Waals surface area contributed by atoms with Crippen LogP contribution in [-0.2, 0) is 4.79 Å². The summed E-state index contributed by atoms with van der Waals surface area (Å²) in [5.74, 6) is 1.93. The third-order valence-corrected chi connectivity index (χ3v) is 12.5. The second-order valence-electron chi connectivity index (χ2n) is 14.5. The van der Waals surface area contributed by atoms with Crippen LogP contribution < -0.4 is 16.0 Å². The largest absolute Gasteiger partial charge is 0.859 e. The average Bonchev–Trinajstić information content (AvgIpc) is 3.46. The maximum Gasteiger partial charge on any atom is 0.271 e. The third kappa shape index (κ3) is 4.75. The van der Waals surface area contributed by atoms with Crippen LogP contribution in [0.3, 0.4) is 0 Å². The molecule has 4 aliphatic rings. The number of hydrazine groups is 1. The topological polar surface area (TPSA) is 164 Å². The highest BCUT2D eigenvalue weighted by atomic mass is 16.6. The van der Waals surface area contributed by atoms with Gasteiger partial charge in [0, 0.05) is 23.9 Å². The molecular weight excluding hydrogens is 536 g/mol. The van der Waals surface area contributed by atoms with Crippen molar-refractivity contribution in [1.82, 2.24) is 10.4 Å². The second kappa shape index (κ2) is 10.7. The number of rotatable bonds is 7. The Morgan fingerprint density at radius 2 is 1.86 bits per heavy atom. The Balaban J connectivity index is 1.07. The highest BCUT2D eigenvalue weighted by Crippen LogP contribution is 2.68. The average molecular weight is 582 g/mol. The van der Waals surface area contributed by atoms with Crippen LogP contribution in [-0.4, -0.2) is 38.2 Å². The minimum atomic E-state index is -0.519. The van der Waals surface area contributed by atoms with E-state index >= 15 is 0 Å². The number of aromatic amines is 1. The summed E-state index contributed by atoms with van der Waals surface area (Å²) >= 11 is 0. The molecule has 1 heterocycles. The first kappa shape index (κ1) is 29.2. The number of nitrogens with zero attached hydrogens (tertiary/aromatic N) is 1. The van der Waals surface area contributed by atoms with Crippen molar-refractivity contribution in [2.75, 3.05) is 5.43 Å². The fourth-order valence-electron chi connectivity index (χ4n) is 10.3. The Hall–Kier alpha value is -2.85. The lowest BCUT2D eigenvalue weighted by molar-refractivity contribution is -0.384. The van der Waals surface area contributed by atoms with Gasteiger partial charge in [-0.1, -0.05) is 20.8 Å². The number of nitro benzene ring substituents is 1. The minimum Gasteiger partial charge on any atom is -0.859 e. The molecule has 0 aliphatic heterocycles. The molecule has 0 unspecified atom stereocenters. The molecule has 0 bridgehead atoms. The van der Waals surface area contributed by atoms with E-state index in [2.05, 4.69) is 36.6 Å². The minimum absolute atomic E-state index is 0.116. The number of H-pyrrole nitrogens is 1. The predicted octanol–water partition coefficient (Wildman–Crippen LogP) is 5.00. The van der Waals surface area contributed by atoms with Crippen LogP contribution in [0.15, 0.2) is 18.2 Å². The Kier molecular flexibility index (Phi) is 7.45. The van der Waals surface area contributed by atoms with Gasteiger partial charge >= 0.3 is 0 Å². The first-order valence-electron chi connectivity index (χ1n) is 15.8. The molecule has 1 amide bonds. The fraction of sp³-hybridized carbons (Fsp3) is 0.719. The van der Waals surface area contributed by atoms with Gasteiger partial charge in [-0.05, 0) is 116 Å². The quantitative estimate of drug-likeness (QED) is 0.227. The Labute approximate surface area is 246 Å². The van der Waals surface area contributed by atoms with Gasteiger partial charge in [-0.25, -0.2) is 0 Å². The molecule has 4 aliphatic carbocycles. The number of anilines is 1. The standard InChI is InChI=1S/C32H46N4O6/c1-17(4-9-27(39)34-35-29-21-6-5-19(36(41)42)16-25(21)33-30(29)40)22-7-8-23-28-24(11-13-32(22,23)3)31(2)12-10-20(37)14-18(31)15-26(28)38/h5-6,16-18,20,22-24,26,28,33,35,37-38,40H,4,7-15H2,1-3H3,(H,34,39)/p-1/t17-,18-,20-,22+,23+,24-,26+,28+,31-,32+/m0/s1. The monoisotopic (exact) mass is 581 g/mol. The van der Waals surface area contributed by atoms with Crippen molar-refractivity contribution in [3.63, 3.8) is 0 Å². The van der Waals surface area contributed by atoms with E-state index in [4.69, 9.17) is 0 Å². The van der Waals surface area contributed by atoms with Crippen LogP contribution in [0.25, 0.3) is 10.9 Å². The van der Waals surface area contributed by atoms with Crippen molar-refractivity contribution in [1.29, 1.82) is 0 Å². The maximum absolute atomic E-state index is 12.8. The number of nitro groups is 1. The summed E-state index contributed by atoms with van der Waals surface area (Å²) in [6.07, 6.45) is 8.67. The molecular formula is C32H45N4O6-. The van der Waals surface area contributed by atoms with Gasteiger partial charge in [0.1, 0.15) is 0 Å². The zero-order valence-corrected chi connectivity index (χ0v) is 24.9. The van der Waals surface area contributed by atoms with Crippen molar-refractivity contribution < 1.29 is 25.0 Å². The number of amides is 1. The van der Waals surface area contributed by atoms with E-state index in [1.54, 1.807) is 0 Å². The van der Waals surface area contributed by atoms with Gasteiger partial charge in [-0.15, -0.1) is 0 Å². The van der Waals surface area contributed by atoms with Gasteiger partial charge in [-0.2, -0.15) is 0 Å². The third-order valence-electron chi connectivity index (χ3n) is 12.5. The molecule has 10 heteroatoms. The number of aromatic nitrogens is 1. The van der Waals surface area contributed by atoms with Crippen LogP contribution >= 0.6 is 0 Å². The fourth-order valence-corrected chi connectivity index (χ4v) is 10.3. The van der Waals surface area contributed by atoms with Gasteiger partial charge in [0.05, 0.1) is 28.3 Å². The summed E-state index contributed by atoms with van der Waals surface area (Å²) in [7, 11) is 0. The van der Waals surface area contributed by atoms with Crippen LogP contribution in [0.2, 0.25) is 0 Å². The molecule has 10 nitrogen and oxygen atoms in total. The van der Waals surface area contributed by atoms with Crippen LogP contribution in [0.1, 0.15) is 85.0 Å². The molecule has 0 radical (unpaired) electrons. The highest BCUT2D eigenvalue weighted by molar-refractivity contribution is 5.97. The summed E-state index contributed by atoms with van der Waals surface area (Å²) in [6, 6.07) is 4.13. The lowest BCUT2D eigenvalue weighted by Crippen LogP contribution is -2.58. The zero-order valence-electron chi connectivity index (χ0n) is 24.9. The molecule has 230 valence electrons. The van der Waals surface area contributed by atoms with Crippen molar-refractivity contribution in [2.45, 2.75) is 97.2 Å². The normalized spacial score (nSPS) is 38.3. The Morgan fingerprint density at radius 3 is 2.62 bits per heavy atom. The van der Waals surface area contributed by atoms with E-state index in [-0.39, 0.29) is 40.3 Å². The molecule has 4 fully saturated rings. The number of aliphatic hydroxyl groups is 2. The van der Waals surface area contributed by atoms with E-state index in [0.717, 1.165) is 57.8 Å². The summed E-state index contributed by atoms with van der Waals surface area (Å²) < 4.78 is 0. The second-order valence-corrected chi connectivity index (χ2v) is 14.5. The maximum atomic E-state index is 12.8. The predicted molar refractivity (Wildman–Crippen MR) is 157 cm³/mol. The van der Waals surface area contributed by atoms with E-state index in [1.807, 2.05) is 0 Å². The number of aliphatic hydroxyl groups excluding tert-OH is 2. The number of fused-ring (bicyclic) bond motifs is 6. The summed E-state index contributed by atoms with van der Waals surface area (Å²) in [6.45, 7) is 7.13. The van der Waals surface area contributed by atoms with Gasteiger partial charge < -0.3 is 20.3 Å². The number of hydrogen-bond acceptors (Lipinski definition) is 7. The van der Waals surface area contributed by atoms with E-state index < -0.39 is 10.8 Å². The first-order valence-corrected chi connectivity index (χ1v) is 15.8. The number of nitrogens with one attached hydrogen (secondary N) is 3. The van der Waals surface area contributed by atoms with Crippen LogP contribution in [0, 0.1) is 56.5 Å². The Morgan fingerprint density at radius 1 is 1.12 bits per heavy atom. The van der Waals surface area contributed by atoms with Crippen LogP contribution in [0.4, 0.5) is 11.4 Å². The molecule has 1 aromatic heterocycles. The van der Waals surface area contributed by atoms with E-state index in [9.17, 15) is 30.2 Å². The molecule has 1 aromatic carbocycles. The van der Waals surface area contributed by atoms with Crippen molar-refractivity contribution >= 4 is 28.2 Å². The SMILES string of the molecule is C[C@@H](CCC(=O)NNc1c([O-])[nH]c2cc([N+](=O)[O-])ccc12)[C@H]1CC[C@@H]2[C@H]3[C@H](O)C[C@@H]4C[C@@H](O)CC[C@]4(C)[C@H]3CC[C@@]21C. The molecule has 42 heavy (non-hydrogen) atoms. The van der Waals surface area contributed by atoms with Crippen molar-refractivity contribution in [3.05, 3.63) is 28.3 Å². The lowest BCUT2D eigenvalue weighted by Gasteiger charge is -2.62. The molecule has 4 saturated carbocycles. The van der Waals surface area contributed by atoms with Crippen LogP contribution in [0.5, 0.6) is 5.88 Å². The molecule has 5 N–H and O–H groups in total. The Bertz CT molecular complexity index is 1360. The lowest BCUT2D eigenvalue weighted by atomic mass is 9.43. The van der Waals surface area contributed by atoms with Crippen molar-refractivity contribution in [2.24, 2.45) is 46.3 Å². The number of carbonyl (C=O) groups excluding carboxylic acids is 1. The number of non-ortho nitro benzene ring substituents is 1. The number of hydrogen-bond donors (Lipinski definition) is 5. The van der Waals surface area contributed by atoms with Gasteiger partial charge in [0.2, 0.25) is 5.91 Å². The van der Waals surface area contributed by atoms with Crippen molar-refractivity contribution in [3.8, 4) is 5.88 Å². The number of carbonyl (C=O) groups is 1. The first-order chi connectivity index (χ1) is 19.9. The number of benzene rings is 1. The van der Waals surface area contributed by atoms with Gasteiger partial charge in [0.15, 0.2) is 0 Å². The highest BCUT2D eigenvalue weighted by Gasteiger charge is 2.62.